The topological polar surface area (TPSA) is 22.9 Å². The second-order valence-corrected chi connectivity index (χ2v) is 5.79. The van der Waals surface area contributed by atoms with Crippen LogP contribution in [0.2, 0.25) is 0 Å². The van der Waals surface area contributed by atoms with Crippen molar-refractivity contribution in [1.82, 2.24) is 0 Å². The second kappa shape index (κ2) is 11.3. The van der Waals surface area contributed by atoms with Crippen LogP contribution in [0, 0.1) is 11.8 Å². The molecule has 1 aliphatic rings. The number of benzene rings is 1. The quantitative estimate of drug-likeness (QED) is 0.583. The molecule has 0 atom stereocenters. The first-order valence-electron chi connectivity index (χ1n) is 8.44. The first-order chi connectivity index (χ1) is 10.9. The fraction of sp³-hybridized carbons (Fsp3) is 0.579. The predicted octanol–water partition coefficient (Wildman–Crippen LogP) is 1.68. The minimum atomic E-state index is 0.548. The molecule has 0 radical (unpaired) electrons. The number of likely N-dealkylation sites (tertiary alicyclic amines) is 1. The minimum absolute atomic E-state index is 0.548. The summed E-state index contributed by atoms with van der Waals surface area (Å²) in [6.07, 6.45) is 5.03. The van der Waals surface area contributed by atoms with Gasteiger partial charge in [-0.15, -0.1) is 0 Å². The van der Waals surface area contributed by atoms with Crippen LogP contribution in [-0.4, -0.2) is 39.5 Å². The Labute approximate surface area is 134 Å². The molecule has 0 amide bonds. The molecule has 0 saturated carbocycles. The third-order valence-electron chi connectivity index (χ3n) is 3.89. The van der Waals surface area contributed by atoms with Gasteiger partial charge in [0, 0.05) is 6.61 Å². The van der Waals surface area contributed by atoms with Gasteiger partial charge in [-0.2, -0.15) is 0 Å². The van der Waals surface area contributed by atoms with Crippen molar-refractivity contribution in [3.05, 3.63) is 35.9 Å². The summed E-state index contributed by atoms with van der Waals surface area (Å²) in [5.41, 5.74) is 1.22. The number of rotatable bonds is 8. The summed E-state index contributed by atoms with van der Waals surface area (Å²) in [7, 11) is 0. The highest BCUT2D eigenvalue weighted by molar-refractivity contribution is 5.13. The lowest BCUT2D eigenvalue weighted by molar-refractivity contribution is -0.897. The standard InChI is InChI=1S/C19H27NO2/c1-3-10-19(11-4-1)18-22-17-9-16-21-15-8-7-14-20-12-5-2-6-13-20/h1,3-4,10-11H,2,5-6,9,12-18H2/p+1. The average Bonchev–Trinajstić information content (AvgIpc) is 2.58. The van der Waals surface area contributed by atoms with Crippen molar-refractivity contribution in [3.63, 3.8) is 0 Å². The second-order valence-electron chi connectivity index (χ2n) is 5.79. The van der Waals surface area contributed by atoms with Gasteiger partial charge < -0.3 is 14.4 Å². The zero-order chi connectivity index (χ0) is 15.3. The lowest BCUT2D eigenvalue weighted by atomic mass is 10.1. The summed E-state index contributed by atoms with van der Waals surface area (Å²) in [5, 5.41) is 0. The minimum Gasteiger partial charge on any atom is -0.377 e. The molecule has 0 aliphatic carbocycles. The van der Waals surface area contributed by atoms with E-state index in [-0.39, 0.29) is 0 Å². The zero-order valence-electron chi connectivity index (χ0n) is 13.5. The van der Waals surface area contributed by atoms with Crippen LogP contribution < -0.4 is 4.90 Å². The van der Waals surface area contributed by atoms with Gasteiger partial charge in [0.05, 0.1) is 26.3 Å². The third kappa shape index (κ3) is 7.61. The molecule has 1 aromatic rings. The van der Waals surface area contributed by atoms with Crippen molar-refractivity contribution in [3.8, 4) is 11.8 Å². The van der Waals surface area contributed by atoms with E-state index in [1.807, 2.05) is 18.2 Å². The maximum atomic E-state index is 5.61. The van der Waals surface area contributed by atoms with Crippen molar-refractivity contribution in [2.24, 2.45) is 0 Å². The van der Waals surface area contributed by atoms with Gasteiger partial charge in [-0.1, -0.05) is 36.3 Å². The Morgan fingerprint density at radius 1 is 0.909 bits per heavy atom. The predicted molar refractivity (Wildman–Crippen MR) is 88.7 cm³/mol. The number of nitrogens with one attached hydrogen (secondary N) is 1. The van der Waals surface area contributed by atoms with Gasteiger partial charge in [0.25, 0.3) is 0 Å². The van der Waals surface area contributed by atoms with Crippen LogP contribution in [-0.2, 0) is 16.1 Å². The summed E-state index contributed by atoms with van der Waals surface area (Å²) < 4.78 is 11.1. The molecule has 1 fully saturated rings. The molecule has 1 aromatic carbocycles. The van der Waals surface area contributed by atoms with E-state index in [1.165, 1.54) is 37.9 Å². The molecular weight excluding hydrogens is 274 g/mol. The molecule has 1 aliphatic heterocycles. The largest absolute Gasteiger partial charge is 0.377 e. The third-order valence-corrected chi connectivity index (χ3v) is 3.89. The molecular formula is C19H28NO2+. The Morgan fingerprint density at radius 2 is 1.68 bits per heavy atom. The average molecular weight is 302 g/mol. The van der Waals surface area contributed by atoms with Crippen molar-refractivity contribution >= 4 is 0 Å². The number of hydrogen-bond donors (Lipinski definition) is 1. The van der Waals surface area contributed by atoms with Crippen LogP contribution >= 0.6 is 0 Å². The van der Waals surface area contributed by atoms with Gasteiger partial charge in [-0.25, -0.2) is 0 Å². The lowest BCUT2D eigenvalue weighted by Gasteiger charge is -2.20. The van der Waals surface area contributed by atoms with E-state index in [0.717, 1.165) is 26.2 Å². The first kappa shape index (κ1) is 17.0. The number of ether oxygens (including phenoxy) is 2. The molecule has 120 valence electrons. The van der Waals surface area contributed by atoms with E-state index in [4.69, 9.17) is 9.47 Å². The molecule has 0 bridgehead atoms. The Balaban J connectivity index is 1.40. The van der Waals surface area contributed by atoms with Crippen molar-refractivity contribution in [1.29, 1.82) is 0 Å². The van der Waals surface area contributed by atoms with Crippen LogP contribution in [0.4, 0.5) is 0 Å². The summed E-state index contributed by atoms with van der Waals surface area (Å²) in [6, 6.07) is 10.2. The summed E-state index contributed by atoms with van der Waals surface area (Å²) in [5.74, 6) is 6.35. The molecule has 1 saturated heterocycles. The van der Waals surface area contributed by atoms with Gasteiger partial charge in [0.15, 0.2) is 0 Å². The number of hydrogen-bond acceptors (Lipinski definition) is 2. The summed E-state index contributed by atoms with van der Waals surface area (Å²) in [6.45, 7) is 6.23. The van der Waals surface area contributed by atoms with Crippen LogP contribution in [0.3, 0.4) is 0 Å². The molecule has 3 nitrogen and oxygen atoms in total. The fourth-order valence-corrected chi connectivity index (χ4v) is 2.62. The summed E-state index contributed by atoms with van der Waals surface area (Å²) >= 11 is 0. The molecule has 0 unspecified atom stereocenters. The van der Waals surface area contributed by atoms with Gasteiger partial charge >= 0.3 is 0 Å². The van der Waals surface area contributed by atoms with E-state index in [9.17, 15) is 0 Å². The number of quaternary nitrogens is 1. The molecule has 22 heavy (non-hydrogen) atoms. The normalized spacial score (nSPS) is 15.3. The fourth-order valence-electron chi connectivity index (χ4n) is 2.62. The Kier molecular flexibility index (Phi) is 8.71. The molecule has 1 heterocycles. The molecule has 1 N–H and O–H groups in total. The van der Waals surface area contributed by atoms with Crippen molar-refractivity contribution in [2.45, 2.75) is 32.3 Å². The molecule has 3 heteroatoms. The van der Waals surface area contributed by atoms with E-state index in [1.54, 1.807) is 4.90 Å². The lowest BCUT2D eigenvalue weighted by Crippen LogP contribution is -3.12. The van der Waals surface area contributed by atoms with E-state index >= 15 is 0 Å². The SMILES string of the molecule is C(#CC[NH+]1CCCCC1)COCCCOCc1ccccc1. The molecule has 0 spiro atoms. The number of piperidine rings is 1. The maximum absolute atomic E-state index is 5.61. The van der Waals surface area contributed by atoms with Gasteiger partial charge in [-0.3, -0.25) is 0 Å². The Hall–Kier alpha value is -1.34. The van der Waals surface area contributed by atoms with Crippen molar-refractivity contribution in [2.75, 3.05) is 39.5 Å². The molecule has 2 rings (SSSR count). The van der Waals surface area contributed by atoms with Crippen molar-refractivity contribution < 1.29 is 14.4 Å². The van der Waals surface area contributed by atoms with E-state index in [2.05, 4.69) is 24.0 Å². The highest BCUT2D eigenvalue weighted by Crippen LogP contribution is 2.00. The molecule has 0 aromatic heterocycles. The van der Waals surface area contributed by atoms with Crippen LogP contribution in [0.5, 0.6) is 0 Å². The first-order valence-corrected chi connectivity index (χ1v) is 8.44. The highest BCUT2D eigenvalue weighted by atomic mass is 16.5. The summed E-state index contributed by atoms with van der Waals surface area (Å²) in [4.78, 5) is 1.63. The zero-order valence-corrected chi connectivity index (χ0v) is 13.5. The van der Waals surface area contributed by atoms with Gasteiger partial charge in [0.1, 0.15) is 13.2 Å². The Morgan fingerprint density at radius 3 is 2.50 bits per heavy atom. The van der Waals surface area contributed by atoms with E-state index < -0.39 is 0 Å². The maximum Gasteiger partial charge on any atom is 0.139 e. The smallest absolute Gasteiger partial charge is 0.139 e. The van der Waals surface area contributed by atoms with Gasteiger partial charge in [0.2, 0.25) is 0 Å². The van der Waals surface area contributed by atoms with E-state index in [0.29, 0.717) is 13.2 Å². The van der Waals surface area contributed by atoms with Crippen LogP contribution in [0.25, 0.3) is 0 Å². The van der Waals surface area contributed by atoms with Gasteiger partial charge in [-0.05, 0) is 37.2 Å². The van der Waals surface area contributed by atoms with Crippen LogP contribution in [0.15, 0.2) is 30.3 Å². The highest BCUT2D eigenvalue weighted by Gasteiger charge is 2.10. The monoisotopic (exact) mass is 302 g/mol. The Bertz CT molecular complexity index is 443. The van der Waals surface area contributed by atoms with Crippen LogP contribution in [0.1, 0.15) is 31.2 Å².